The molecule has 0 unspecified atom stereocenters. The average molecular weight is 406 g/mol. The van der Waals surface area contributed by atoms with E-state index in [0.717, 1.165) is 15.5 Å². The Balaban J connectivity index is 0.000000568. The molecule has 0 bridgehead atoms. The van der Waals surface area contributed by atoms with E-state index in [1.165, 1.54) is 0 Å². The lowest BCUT2D eigenvalue weighted by molar-refractivity contribution is -0.159. The number of hydrogen-bond acceptors (Lipinski definition) is 6. The molecule has 0 heterocycles. The molecule has 150 valence electrons. The number of hydrogen-bond donors (Lipinski definition) is 4. The molecule has 28 heavy (non-hydrogen) atoms. The van der Waals surface area contributed by atoms with Crippen LogP contribution >= 0.6 is 11.8 Å². The number of carboxylic acids is 2. The third-order valence-electron chi connectivity index (χ3n) is 3.08. The SMILES string of the molecule is COCCNCC(=O)Nc1ccccc1Sc1ccccc1.O=C(O)C(=O)O. The van der Waals surface area contributed by atoms with Gasteiger partial charge >= 0.3 is 11.9 Å². The van der Waals surface area contributed by atoms with Crippen LogP contribution < -0.4 is 10.6 Å². The first-order chi connectivity index (χ1) is 13.4. The van der Waals surface area contributed by atoms with Crippen molar-refractivity contribution in [3.8, 4) is 0 Å². The molecule has 0 radical (unpaired) electrons. The monoisotopic (exact) mass is 406 g/mol. The van der Waals surface area contributed by atoms with Gasteiger partial charge in [0.2, 0.25) is 5.91 Å². The second kappa shape index (κ2) is 13.3. The third kappa shape index (κ3) is 9.72. The molecule has 0 aromatic heterocycles. The Labute approximate surface area is 166 Å². The Bertz CT molecular complexity index is 758. The zero-order valence-electron chi connectivity index (χ0n) is 15.3. The number of anilines is 1. The number of carbonyl (C=O) groups excluding carboxylic acids is 1. The van der Waals surface area contributed by atoms with Gasteiger partial charge in [-0.3, -0.25) is 4.79 Å². The van der Waals surface area contributed by atoms with Crippen molar-refractivity contribution < 1.29 is 29.3 Å². The molecule has 0 saturated heterocycles. The average Bonchev–Trinajstić information content (AvgIpc) is 2.68. The van der Waals surface area contributed by atoms with Gasteiger partial charge in [0.15, 0.2) is 0 Å². The van der Waals surface area contributed by atoms with Gasteiger partial charge in [-0.1, -0.05) is 42.1 Å². The third-order valence-corrected chi connectivity index (χ3v) is 4.17. The normalized spacial score (nSPS) is 9.75. The van der Waals surface area contributed by atoms with E-state index in [2.05, 4.69) is 22.8 Å². The summed E-state index contributed by atoms with van der Waals surface area (Å²) in [5, 5.41) is 20.8. The number of rotatable bonds is 8. The maximum atomic E-state index is 12.0. The zero-order valence-corrected chi connectivity index (χ0v) is 16.1. The van der Waals surface area contributed by atoms with Crippen LogP contribution in [0.2, 0.25) is 0 Å². The summed E-state index contributed by atoms with van der Waals surface area (Å²) in [7, 11) is 1.64. The van der Waals surface area contributed by atoms with Crippen LogP contribution in [0.3, 0.4) is 0 Å². The molecule has 2 aromatic rings. The summed E-state index contributed by atoms with van der Waals surface area (Å²) in [6, 6.07) is 17.9. The molecule has 0 aliphatic rings. The minimum Gasteiger partial charge on any atom is -0.473 e. The second-order valence-corrected chi connectivity index (χ2v) is 6.35. The Morgan fingerprint density at radius 2 is 1.57 bits per heavy atom. The van der Waals surface area contributed by atoms with Crippen molar-refractivity contribution in [3.63, 3.8) is 0 Å². The molecule has 0 atom stereocenters. The number of ether oxygens (including phenoxy) is 1. The minimum atomic E-state index is -1.82. The summed E-state index contributed by atoms with van der Waals surface area (Å²) in [4.78, 5) is 32.3. The van der Waals surface area contributed by atoms with E-state index in [1.54, 1.807) is 18.9 Å². The Morgan fingerprint density at radius 3 is 2.18 bits per heavy atom. The number of nitrogens with one attached hydrogen (secondary N) is 2. The van der Waals surface area contributed by atoms with Gasteiger partial charge in [-0.05, 0) is 24.3 Å². The quantitative estimate of drug-likeness (QED) is 0.388. The van der Waals surface area contributed by atoms with Crippen LogP contribution in [0.15, 0.2) is 64.4 Å². The molecular weight excluding hydrogens is 384 g/mol. The maximum absolute atomic E-state index is 12.0. The predicted octanol–water partition coefficient (Wildman–Crippen LogP) is 2.17. The number of methoxy groups -OCH3 is 1. The maximum Gasteiger partial charge on any atom is 0.414 e. The fourth-order valence-electron chi connectivity index (χ4n) is 1.84. The van der Waals surface area contributed by atoms with E-state index in [9.17, 15) is 4.79 Å². The van der Waals surface area contributed by atoms with Crippen molar-refractivity contribution in [2.24, 2.45) is 0 Å². The summed E-state index contributed by atoms with van der Waals surface area (Å²) in [6.45, 7) is 1.52. The lowest BCUT2D eigenvalue weighted by Gasteiger charge is -2.11. The van der Waals surface area contributed by atoms with Crippen LogP contribution in [-0.4, -0.2) is 54.9 Å². The molecule has 0 spiro atoms. The highest BCUT2D eigenvalue weighted by Crippen LogP contribution is 2.32. The molecule has 0 aliphatic carbocycles. The summed E-state index contributed by atoms with van der Waals surface area (Å²) in [5.41, 5.74) is 0.829. The molecule has 0 fully saturated rings. The van der Waals surface area contributed by atoms with Crippen LogP contribution in [0.4, 0.5) is 5.69 Å². The number of amides is 1. The van der Waals surface area contributed by atoms with Crippen LogP contribution in [0.5, 0.6) is 0 Å². The summed E-state index contributed by atoms with van der Waals surface area (Å²) in [5.74, 6) is -3.71. The van der Waals surface area contributed by atoms with E-state index < -0.39 is 11.9 Å². The fourth-order valence-corrected chi connectivity index (χ4v) is 2.77. The first-order valence-electron chi connectivity index (χ1n) is 8.21. The van der Waals surface area contributed by atoms with Gasteiger partial charge in [-0.2, -0.15) is 0 Å². The highest BCUT2D eigenvalue weighted by atomic mass is 32.2. The number of carbonyl (C=O) groups is 3. The summed E-state index contributed by atoms with van der Waals surface area (Å²) in [6.07, 6.45) is 0. The molecule has 0 aliphatic heterocycles. The fraction of sp³-hybridized carbons (Fsp3) is 0.211. The van der Waals surface area contributed by atoms with Gasteiger partial charge in [0.25, 0.3) is 0 Å². The minimum absolute atomic E-state index is 0.0581. The standard InChI is InChI=1S/C17H20N2O2S.C2H2O4/c1-21-12-11-18-13-17(20)19-15-9-5-6-10-16(15)22-14-7-3-2-4-8-14;3-1(4)2(5)6/h2-10,18H,11-13H2,1H3,(H,19,20);(H,3,4)(H,5,6). The van der Waals surface area contributed by atoms with Gasteiger partial charge < -0.3 is 25.6 Å². The van der Waals surface area contributed by atoms with Crippen LogP contribution in [0.25, 0.3) is 0 Å². The lowest BCUT2D eigenvalue weighted by atomic mass is 10.3. The Morgan fingerprint density at radius 1 is 0.964 bits per heavy atom. The van der Waals surface area contributed by atoms with Gasteiger partial charge in [0.1, 0.15) is 0 Å². The second-order valence-electron chi connectivity index (χ2n) is 5.24. The first-order valence-corrected chi connectivity index (χ1v) is 9.03. The lowest BCUT2D eigenvalue weighted by Crippen LogP contribution is -2.30. The van der Waals surface area contributed by atoms with Crippen molar-refractivity contribution in [3.05, 3.63) is 54.6 Å². The molecule has 9 heteroatoms. The van der Waals surface area contributed by atoms with Gasteiger partial charge in [-0.25, -0.2) is 9.59 Å². The predicted molar refractivity (Wildman–Crippen MR) is 106 cm³/mol. The van der Waals surface area contributed by atoms with Crippen LogP contribution in [0.1, 0.15) is 0 Å². The first kappa shape index (κ1) is 23.2. The zero-order chi connectivity index (χ0) is 20.8. The number of carboxylic acid groups (broad SMARTS) is 2. The molecule has 2 aromatic carbocycles. The van der Waals surface area contributed by atoms with Gasteiger partial charge in [-0.15, -0.1) is 0 Å². The van der Waals surface area contributed by atoms with Crippen molar-refractivity contribution >= 4 is 35.3 Å². The largest absolute Gasteiger partial charge is 0.473 e. The molecular formula is C19H22N2O6S. The number of aliphatic carboxylic acids is 2. The molecule has 8 nitrogen and oxygen atoms in total. The Kier molecular flexibility index (Phi) is 11.0. The molecule has 4 N–H and O–H groups in total. The smallest absolute Gasteiger partial charge is 0.414 e. The van der Waals surface area contributed by atoms with E-state index in [4.69, 9.17) is 24.5 Å². The van der Waals surface area contributed by atoms with E-state index >= 15 is 0 Å². The van der Waals surface area contributed by atoms with E-state index in [1.807, 2.05) is 42.5 Å². The number of para-hydroxylation sites is 1. The topological polar surface area (TPSA) is 125 Å². The molecule has 0 saturated carbocycles. The van der Waals surface area contributed by atoms with E-state index in [0.29, 0.717) is 13.2 Å². The van der Waals surface area contributed by atoms with Gasteiger partial charge in [0, 0.05) is 23.4 Å². The van der Waals surface area contributed by atoms with Crippen LogP contribution in [-0.2, 0) is 19.1 Å². The highest BCUT2D eigenvalue weighted by molar-refractivity contribution is 7.99. The van der Waals surface area contributed by atoms with E-state index in [-0.39, 0.29) is 12.5 Å². The van der Waals surface area contributed by atoms with Crippen LogP contribution in [0, 0.1) is 0 Å². The summed E-state index contributed by atoms with van der Waals surface area (Å²) < 4.78 is 4.93. The summed E-state index contributed by atoms with van der Waals surface area (Å²) >= 11 is 1.63. The number of benzene rings is 2. The van der Waals surface area contributed by atoms with Crippen molar-refractivity contribution in [1.82, 2.24) is 5.32 Å². The molecule has 2 rings (SSSR count). The van der Waals surface area contributed by atoms with Crippen molar-refractivity contribution in [2.45, 2.75) is 9.79 Å². The van der Waals surface area contributed by atoms with Crippen molar-refractivity contribution in [2.75, 3.05) is 32.1 Å². The Hall–Kier alpha value is -2.88. The van der Waals surface area contributed by atoms with Crippen molar-refractivity contribution in [1.29, 1.82) is 0 Å². The van der Waals surface area contributed by atoms with Gasteiger partial charge in [0.05, 0.1) is 18.8 Å². The molecule has 1 amide bonds. The highest BCUT2D eigenvalue weighted by Gasteiger charge is 2.07.